The minimum atomic E-state index is -0.269. The lowest BCUT2D eigenvalue weighted by Gasteiger charge is -2.11. The van der Waals surface area contributed by atoms with Crippen LogP contribution < -0.4 is 4.90 Å². The van der Waals surface area contributed by atoms with E-state index in [1.165, 1.54) is 12.1 Å². The zero-order chi connectivity index (χ0) is 17.8. The maximum atomic E-state index is 13.0. The molecule has 2 aromatic carbocycles. The van der Waals surface area contributed by atoms with Crippen LogP contribution in [-0.2, 0) is 0 Å². The van der Waals surface area contributed by atoms with Crippen LogP contribution in [-0.4, -0.2) is 19.1 Å². The van der Waals surface area contributed by atoms with Crippen LogP contribution in [0.2, 0.25) is 0 Å². The van der Waals surface area contributed by atoms with Gasteiger partial charge in [0.2, 0.25) is 0 Å². The highest BCUT2D eigenvalue weighted by molar-refractivity contribution is 5.90. The molecule has 0 unspecified atom stereocenters. The molecule has 3 rings (SSSR count). The van der Waals surface area contributed by atoms with Crippen LogP contribution in [0.3, 0.4) is 0 Å². The molecule has 0 radical (unpaired) electrons. The van der Waals surface area contributed by atoms with E-state index in [4.69, 9.17) is 0 Å². The molecule has 0 aliphatic heterocycles. The standard InChI is InChI=1S/C21H18FN3/c1-25(2)20-9-3-15(4-10-20)11-17(13-23)18-12-21(24-14-18)16-5-7-19(22)8-6-16/h3-12,14,24H,1-2H3/b17-11+. The molecule has 0 saturated carbocycles. The minimum absolute atomic E-state index is 0.269. The molecular weight excluding hydrogens is 313 g/mol. The first kappa shape index (κ1) is 16.5. The van der Waals surface area contributed by atoms with Crippen LogP contribution in [0.5, 0.6) is 0 Å². The van der Waals surface area contributed by atoms with Crippen LogP contribution in [0.4, 0.5) is 10.1 Å². The van der Waals surface area contributed by atoms with Crippen molar-refractivity contribution < 1.29 is 4.39 Å². The van der Waals surface area contributed by atoms with Crippen molar-refractivity contribution in [3.63, 3.8) is 0 Å². The third kappa shape index (κ3) is 3.78. The summed E-state index contributed by atoms with van der Waals surface area (Å²) in [6.07, 6.45) is 3.65. The van der Waals surface area contributed by atoms with Gasteiger partial charge in [0.25, 0.3) is 0 Å². The van der Waals surface area contributed by atoms with E-state index in [0.717, 1.165) is 28.1 Å². The van der Waals surface area contributed by atoms with Crippen molar-refractivity contribution in [2.24, 2.45) is 0 Å². The van der Waals surface area contributed by atoms with E-state index < -0.39 is 0 Å². The van der Waals surface area contributed by atoms with Crippen LogP contribution >= 0.6 is 0 Å². The van der Waals surface area contributed by atoms with Crippen molar-refractivity contribution >= 4 is 17.3 Å². The Morgan fingerprint density at radius 3 is 2.36 bits per heavy atom. The Balaban J connectivity index is 1.88. The van der Waals surface area contributed by atoms with Gasteiger partial charge < -0.3 is 9.88 Å². The van der Waals surface area contributed by atoms with Gasteiger partial charge in [-0.3, -0.25) is 0 Å². The third-order valence-electron chi connectivity index (χ3n) is 3.99. The van der Waals surface area contributed by atoms with Gasteiger partial charge in [0.1, 0.15) is 5.82 Å². The Morgan fingerprint density at radius 2 is 1.76 bits per heavy atom. The van der Waals surface area contributed by atoms with Gasteiger partial charge in [0.15, 0.2) is 0 Å². The van der Waals surface area contributed by atoms with Gasteiger partial charge in [0, 0.05) is 37.2 Å². The number of hydrogen-bond donors (Lipinski definition) is 1. The molecule has 4 heteroatoms. The molecule has 3 nitrogen and oxygen atoms in total. The molecule has 124 valence electrons. The molecule has 1 aromatic heterocycles. The molecule has 1 heterocycles. The van der Waals surface area contributed by atoms with Crippen molar-refractivity contribution in [1.82, 2.24) is 4.98 Å². The van der Waals surface area contributed by atoms with Crippen molar-refractivity contribution in [3.8, 4) is 17.3 Å². The predicted molar refractivity (Wildman–Crippen MR) is 100 cm³/mol. The van der Waals surface area contributed by atoms with Crippen LogP contribution in [0.1, 0.15) is 11.1 Å². The first-order valence-corrected chi connectivity index (χ1v) is 7.91. The summed E-state index contributed by atoms with van der Waals surface area (Å²) in [5.41, 5.74) is 5.17. The Bertz CT molecular complexity index is 927. The summed E-state index contributed by atoms with van der Waals surface area (Å²) in [5, 5.41) is 9.51. The van der Waals surface area contributed by atoms with Gasteiger partial charge in [-0.15, -0.1) is 0 Å². The Morgan fingerprint density at radius 1 is 1.08 bits per heavy atom. The average Bonchev–Trinajstić information content (AvgIpc) is 3.10. The summed E-state index contributed by atoms with van der Waals surface area (Å²) < 4.78 is 13.0. The van der Waals surface area contributed by atoms with Gasteiger partial charge in [-0.1, -0.05) is 12.1 Å². The fourth-order valence-corrected chi connectivity index (χ4v) is 2.56. The zero-order valence-corrected chi connectivity index (χ0v) is 14.1. The minimum Gasteiger partial charge on any atom is -0.378 e. The summed E-state index contributed by atoms with van der Waals surface area (Å²) in [6.45, 7) is 0. The number of H-pyrrole nitrogens is 1. The predicted octanol–water partition coefficient (Wildman–Crippen LogP) is 4.95. The molecule has 0 atom stereocenters. The zero-order valence-electron chi connectivity index (χ0n) is 14.1. The van der Waals surface area contributed by atoms with E-state index in [-0.39, 0.29) is 5.82 Å². The Kier molecular flexibility index (Phi) is 4.67. The molecule has 0 bridgehead atoms. The van der Waals surface area contributed by atoms with Crippen molar-refractivity contribution in [3.05, 3.63) is 77.7 Å². The number of anilines is 1. The van der Waals surface area contributed by atoms with E-state index in [1.54, 1.807) is 18.3 Å². The average molecular weight is 331 g/mol. The van der Waals surface area contributed by atoms with Crippen LogP contribution in [0.15, 0.2) is 60.8 Å². The molecule has 3 aromatic rings. The Hall–Kier alpha value is -3.32. The summed E-state index contributed by atoms with van der Waals surface area (Å²) in [4.78, 5) is 5.17. The van der Waals surface area contributed by atoms with Gasteiger partial charge in [-0.2, -0.15) is 5.26 Å². The van der Waals surface area contributed by atoms with Crippen molar-refractivity contribution in [2.45, 2.75) is 0 Å². The summed E-state index contributed by atoms with van der Waals surface area (Å²) in [5.74, 6) is -0.269. The third-order valence-corrected chi connectivity index (χ3v) is 3.99. The SMILES string of the molecule is CN(C)c1ccc(/C=C(\C#N)c2c[nH]c(-c3ccc(F)cc3)c2)cc1. The smallest absolute Gasteiger partial charge is 0.123 e. The number of nitriles is 1. The highest BCUT2D eigenvalue weighted by Gasteiger charge is 2.07. The van der Waals surface area contributed by atoms with Crippen LogP contribution in [0, 0.1) is 17.1 Å². The summed E-state index contributed by atoms with van der Waals surface area (Å²) in [6, 6.07) is 18.4. The molecule has 0 aliphatic rings. The number of nitrogens with zero attached hydrogens (tertiary/aromatic N) is 2. The second kappa shape index (κ2) is 7.06. The number of halogens is 1. The summed E-state index contributed by atoms with van der Waals surface area (Å²) >= 11 is 0. The number of rotatable bonds is 4. The highest BCUT2D eigenvalue weighted by atomic mass is 19.1. The molecule has 1 N–H and O–H groups in total. The maximum absolute atomic E-state index is 13.0. The number of benzene rings is 2. The number of aromatic nitrogens is 1. The van der Waals surface area contributed by atoms with E-state index in [0.29, 0.717) is 5.57 Å². The monoisotopic (exact) mass is 331 g/mol. The van der Waals surface area contributed by atoms with Crippen LogP contribution in [0.25, 0.3) is 22.9 Å². The molecule has 25 heavy (non-hydrogen) atoms. The van der Waals surface area contributed by atoms with E-state index in [9.17, 15) is 9.65 Å². The summed E-state index contributed by atoms with van der Waals surface area (Å²) in [7, 11) is 3.98. The second-order valence-corrected chi connectivity index (χ2v) is 5.96. The molecular formula is C21H18FN3. The Labute approximate surface area is 146 Å². The lowest BCUT2D eigenvalue weighted by atomic mass is 10.0. The fourth-order valence-electron chi connectivity index (χ4n) is 2.56. The maximum Gasteiger partial charge on any atom is 0.123 e. The lowest BCUT2D eigenvalue weighted by molar-refractivity contribution is 0.628. The van der Waals surface area contributed by atoms with E-state index >= 15 is 0 Å². The van der Waals surface area contributed by atoms with Gasteiger partial charge in [-0.05, 0) is 59.7 Å². The molecule has 0 fully saturated rings. The number of hydrogen-bond acceptors (Lipinski definition) is 2. The molecule has 0 saturated heterocycles. The lowest BCUT2D eigenvalue weighted by Crippen LogP contribution is -2.07. The number of aromatic amines is 1. The topological polar surface area (TPSA) is 42.8 Å². The largest absolute Gasteiger partial charge is 0.378 e. The molecule has 0 aliphatic carbocycles. The molecule has 0 spiro atoms. The number of nitrogens with one attached hydrogen (secondary N) is 1. The first-order chi connectivity index (χ1) is 12.1. The fraction of sp³-hybridized carbons (Fsp3) is 0.0952. The van der Waals surface area contributed by atoms with Gasteiger partial charge >= 0.3 is 0 Å². The second-order valence-electron chi connectivity index (χ2n) is 5.96. The normalized spacial score (nSPS) is 11.2. The first-order valence-electron chi connectivity index (χ1n) is 7.91. The van der Waals surface area contributed by atoms with E-state index in [2.05, 4.69) is 11.1 Å². The van der Waals surface area contributed by atoms with Gasteiger partial charge in [0.05, 0.1) is 11.6 Å². The number of allylic oxidation sites excluding steroid dienone is 1. The van der Waals surface area contributed by atoms with Gasteiger partial charge in [-0.25, -0.2) is 4.39 Å². The van der Waals surface area contributed by atoms with E-state index in [1.807, 2.05) is 55.4 Å². The highest BCUT2D eigenvalue weighted by Crippen LogP contribution is 2.25. The molecule has 0 amide bonds. The van der Waals surface area contributed by atoms with Crippen molar-refractivity contribution in [1.29, 1.82) is 5.26 Å². The van der Waals surface area contributed by atoms with Crippen molar-refractivity contribution in [2.75, 3.05) is 19.0 Å². The quantitative estimate of drug-likeness (QED) is 0.687.